The molecule has 3 N–H and O–H groups in total. The van der Waals surface area contributed by atoms with Crippen molar-refractivity contribution in [3.63, 3.8) is 0 Å². The largest absolute Gasteiger partial charge is 0.416 e. The van der Waals surface area contributed by atoms with Crippen LogP contribution in [0.2, 0.25) is 0 Å². The summed E-state index contributed by atoms with van der Waals surface area (Å²) in [6.07, 6.45) is -4.42. The van der Waals surface area contributed by atoms with Crippen LogP contribution in [0.4, 0.5) is 13.2 Å². The van der Waals surface area contributed by atoms with Crippen LogP contribution in [0.15, 0.2) is 29.3 Å². The zero-order valence-electron chi connectivity index (χ0n) is 15.7. The number of guanidine groups is 1. The van der Waals surface area contributed by atoms with E-state index in [9.17, 15) is 18.0 Å². The molecule has 0 radical (unpaired) electrons. The Hall–Kier alpha value is -1.56. The summed E-state index contributed by atoms with van der Waals surface area (Å²) in [6.45, 7) is 5.09. The molecule has 0 heterocycles. The molecule has 1 amide bonds. The lowest BCUT2D eigenvalue weighted by molar-refractivity contribution is -0.137. The van der Waals surface area contributed by atoms with Crippen LogP contribution in [0.5, 0.6) is 0 Å². The maximum absolute atomic E-state index is 12.5. The van der Waals surface area contributed by atoms with Gasteiger partial charge in [0.2, 0.25) is 0 Å². The number of carbonyl (C=O) groups is 1. The molecule has 0 atom stereocenters. The van der Waals surface area contributed by atoms with Crippen molar-refractivity contribution < 1.29 is 22.7 Å². The van der Waals surface area contributed by atoms with E-state index in [0.29, 0.717) is 19.0 Å². The quantitative estimate of drug-likeness (QED) is 0.232. The lowest BCUT2D eigenvalue weighted by Gasteiger charge is -2.24. The molecule has 0 aliphatic rings. The molecule has 1 aromatic carbocycles. The fourth-order valence-electron chi connectivity index (χ4n) is 1.86. The van der Waals surface area contributed by atoms with Crippen LogP contribution >= 0.6 is 24.0 Å². The number of rotatable bonds is 7. The molecule has 0 aliphatic carbocycles. The van der Waals surface area contributed by atoms with Crippen molar-refractivity contribution in [2.75, 3.05) is 33.8 Å². The van der Waals surface area contributed by atoms with Crippen molar-refractivity contribution >= 4 is 35.8 Å². The van der Waals surface area contributed by atoms with E-state index in [4.69, 9.17) is 4.74 Å². The molecule has 6 nitrogen and oxygen atoms in total. The van der Waals surface area contributed by atoms with E-state index in [0.717, 1.165) is 24.3 Å². The van der Waals surface area contributed by atoms with Gasteiger partial charge in [-0.3, -0.25) is 9.79 Å². The van der Waals surface area contributed by atoms with Crippen molar-refractivity contribution in [3.8, 4) is 0 Å². The van der Waals surface area contributed by atoms with Crippen LogP contribution < -0.4 is 16.0 Å². The van der Waals surface area contributed by atoms with Gasteiger partial charge in [-0.05, 0) is 38.1 Å². The maximum Gasteiger partial charge on any atom is 0.416 e. The molecule has 0 saturated heterocycles. The van der Waals surface area contributed by atoms with Gasteiger partial charge in [-0.2, -0.15) is 13.2 Å². The highest BCUT2D eigenvalue weighted by Gasteiger charge is 2.30. The number of hydrogen-bond donors (Lipinski definition) is 3. The normalized spacial score (nSPS) is 12.2. The summed E-state index contributed by atoms with van der Waals surface area (Å²) in [5, 5.41) is 8.75. The van der Waals surface area contributed by atoms with Gasteiger partial charge >= 0.3 is 6.18 Å². The van der Waals surface area contributed by atoms with Gasteiger partial charge < -0.3 is 20.7 Å². The van der Waals surface area contributed by atoms with E-state index >= 15 is 0 Å². The first-order valence-electron chi connectivity index (χ1n) is 8.04. The van der Waals surface area contributed by atoms with Gasteiger partial charge in [-0.15, -0.1) is 24.0 Å². The van der Waals surface area contributed by atoms with E-state index in [-0.39, 0.29) is 41.7 Å². The van der Waals surface area contributed by atoms with Gasteiger partial charge in [0.25, 0.3) is 5.91 Å². The number of nitrogens with one attached hydrogen (secondary N) is 3. The van der Waals surface area contributed by atoms with E-state index in [1.807, 2.05) is 13.8 Å². The summed E-state index contributed by atoms with van der Waals surface area (Å²) in [4.78, 5) is 16.0. The fraction of sp³-hybridized carbons (Fsp3) is 0.529. The monoisotopic (exact) mass is 502 g/mol. The molecule has 0 fully saturated rings. The lowest BCUT2D eigenvalue weighted by atomic mass is 10.1. The molecule has 0 unspecified atom stereocenters. The lowest BCUT2D eigenvalue weighted by Crippen LogP contribution is -2.46. The Labute approximate surface area is 174 Å². The number of methoxy groups -OCH3 is 1. The van der Waals surface area contributed by atoms with Gasteiger partial charge in [-0.25, -0.2) is 0 Å². The van der Waals surface area contributed by atoms with Crippen LogP contribution in [0, 0.1) is 0 Å². The molecular weight excluding hydrogens is 476 g/mol. The smallest absolute Gasteiger partial charge is 0.377 e. The second kappa shape index (κ2) is 11.3. The summed E-state index contributed by atoms with van der Waals surface area (Å²) >= 11 is 0. The minimum atomic E-state index is -4.42. The highest BCUT2D eigenvalue weighted by atomic mass is 127. The van der Waals surface area contributed by atoms with Crippen molar-refractivity contribution in [3.05, 3.63) is 35.4 Å². The van der Waals surface area contributed by atoms with Crippen LogP contribution in [0.3, 0.4) is 0 Å². The zero-order chi connectivity index (χ0) is 19.8. The average molecular weight is 502 g/mol. The summed E-state index contributed by atoms with van der Waals surface area (Å²) in [6, 6.07) is 4.07. The number of ether oxygens (including phenoxy) is 1. The first-order valence-corrected chi connectivity index (χ1v) is 8.04. The molecule has 0 spiro atoms. The number of hydrogen-bond acceptors (Lipinski definition) is 3. The molecule has 1 rings (SSSR count). The van der Waals surface area contributed by atoms with Crippen molar-refractivity contribution in [2.24, 2.45) is 4.99 Å². The Balaban J connectivity index is 0.00000676. The van der Waals surface area contributed by atoms with E-state index in [1.54, 1.807) is 14.2 Å². The fourth-order valence-corrected chi connectivity index (χ4v) is 1.86. The molecule has 0 bridgehead atoms. The first kappa shape index (κ1) is 25.4. The average Bonchev–Trinajstić information content (AvgIpc) is 2.60. The third-order valence-electron chi connectivity index (χ3n) is 3.64. The molecule has 0 saturated carbocycles. The maximum atomic E-state index is 12.5. The number of benzene rings is 1. The highest BCUT2D eigenvalue weighted by Crippen LogP contribution is 2.28. The Bertz CT molecular complexity index is 620. The number of alkyl halides is 3. The Morgan fingerprint density at radius 3 is 2.11 bits per heavy atom. The van der Waals surface area contributed by atoms with E-state index < -0.39 is 17.6 Å². The molecule has 27 heavy (non-hydrogen) atoms. The minimum absolute atomic E-state index is 0. The van der Waals surface area contributed by atoms with Crippen molar-refractivity contribution in [2.45, 2.75) is 25.6 Å². The number of aliphatic imine (C=N–C) groups is 1. The van der Waals surface area contributed by atoms with Crippen LogP contribution in [0.1, 0.15) is 29.8 Å². The molecule has 0 aromatic heterocycles. The molecular formula is C17H26F3IN4O2. The second-order valence-electron chi connectivity index (χ2n) is 6.15. The number of halogens is 4. The van der Waals surface area contributed by atoms with Gasteiger partial charge in [0.15, 0.2) is 5.96 Å². The SMILES string of the molecule is CN=C(NCCNC(=O)c1ccc(C(F)(F)F)cc1)NCC(C)(C)OC.I. The number of nitrogens with zero attached hydrogens (tertiary/aromatic N) is 1. The second-order valence-corrected chi connectivity index (χ2v) is 6.15. The topological polar surface area (TPSA) is 74.8 Å². The third kappa shape index (κ3) is 9.27. The van der Waals surface area contributed by atoms with Gasteiger partial charge in [0.1, 0.15) is 0 Å². The summed E-state index contributed by atoms with van der Waals surface area (Å²) in [5.41, 5.74) is -0.971. The number of carbonyl (C=O) groups excluding carboxylic acids is 1. The first-order chi connectivity index (χ1) is 12.1. The van der Waals surface area contributed by atoms with Crippen molar-refractivity contribution in [1.82, 2.24) is 16.0 Å². The predicted octanol–water partition coefficient (Wildman–Crippen LogP) is 2.64. The highest BCUT2D eigenvalue weighted by molar-refractivity contribution is 14.0. The Kier molecular flexibility index (Phi) is 10.7. The molecule has 0 aliphatic heterocycles. The number of amides is 1. The third-order valence-corrected chi connectivity index (χ3v) is 3.64. The summed E-state index contributed by atoms with van der Waals surface area (Å²) in [7, 11) is 3.24. The summed E-state index contributed by atoms with van der Waals surface area (Å²) in [5.74, 6) is 0.114. The Morgan fingerprint density at radius 2 is 1.63 bits per heavy atom. The van der Waals surface area contributed by atoms with Gasteiger partial charge in [0.05, 0.1) is 11.2 Å². The van der Waals surface area contributed by atoms with E-state index in [2.05, 4.69) is 20.9 Å². The van der Waals surface area contributed by atoms with Crippen LogP contribution in [-0.4, -0.2) is 51.3 Å². The van der Waals surface area contributed by atoms with Gasteiger partial charge in [0, 0.05) is 39.4 Å². The molecule has 1 aromatic rings. The minimum Gasteiger partial charge on any atom is -0.377 e. The summed E-state index contributed by atoms with van der Waals surface area (Å²) < 4.78 is 42.8. The molecule has 10 heteroatoms. The predicted molar refractivity (Wildman–Crippen MR) is 110 cm³/mol. The molecule has 154 valence electrons. The standard InChI is InChI=1S/C17H25F3N4O2.HI/c1-16(2,26-4)11-24-15(21-3)23-10-9-22-14(25)12-5-7-13(8-6-12)17(18,19)20;/h5-8H,9-11H2,1-4H3,(H,22,25)(H2,21,23,24);1H. The van der Waals surface area contributed by atoms with Gasteiger partial charge in [-0.1, -0.05) is 0 Å². The zero-order valence-corrected chi connectivity index (χ0v) is 18.1. The Morgan fingerprint density at radius 1 is 1.07 bits per heavy atom. The van der Waals surface area contributed by atoms with Crippen LogP contribution in [0.25, 0.3) is 0 Å². The van der Waals surface area contributed by atoms with E-state index in [1.165, 1.54) is 0 Å². The van der Waals surface area contributed by atoms with Crippen LogP contribution in [-0.2, 0) is 10.9 Å². The van der Waals surface area contributed by atoms with Crippen molar-refractivity contribution in [1.29, 1.82) is 0 Å².